The van der Waals surface area contributed by atoms with Gasteiger partial charge < -0.3 is 16.7 Å². The van der Waals surface area contributed by atoms with Gasteiger partial charge in [-0.25, -0.2) is 0 Å². The molecule has 2 aromatic rings. The van der Waals surface area contributed by atoms with E-state index in [4.69, 9.17) is 26.8 Å². The van der Waals surface area contributed by atoms with Gasteiger partial charge in [0.05, 0.1) is 0 Å². The van der Waals surface area contributed by atoms with E-state index in [9.17, 15) is 0 Å². The zero-order chi connectivity index (χ0) is 15.0. The van der Waals surface area contributed by atoms with Gasteiger partial charge >= 0.3 is 0 Å². The molecule has 20 heavy (non-hydrogen) atoms. The first-order valence-corrected chi connectivity index (χ1v) is 5.85. The summed E-state index contributed by atoms with van der Waals surface area (Å²) in [7, 11) is 0. The molecule has 2 rings (SSSR count). The maximum absolute atomic E-state index is 8.36. The molecule has 0 saturated heterocycles. The number of hydrogen-bond donors (Lipinski definition) is 3. The highest BCUT2D eigenvalue weighted by atomic mass is 16.9. The molecule has 0 unspecified atom stereocenters. The Kier molecular flexibility index (Phi) is 5.76. The highest BCUT2D eigenvalue weighted by Gasteiger charge is 1.95. The predicted octanol–water partition coefficient (Wildman–Crippen LogP) is 1.31. The van der Waals surface area contributed by atoms with E-state index in [0.717, 1.165) is 6.42 Å². The van der Waals surface area contributed by atoms with E-state index in [-0.39, 0.29) is 5.96 Å². The van der Waals surface area contributed by atoms with Gasteiger partial charge in [-0.05, 0) is 22.8 Å². The molecule has 0 heterocycles. The highest BCUT2D eigenvalue weighted by molar-refractivity contribution is 5.83. The molecule has 0 atom stereocenters. The molecule has 0 saturated carbocycles. The number of nitrogens with zero attached hydrogens (tertiary/aromatic N) is 2. The van der Waals surface area contributed by atoms with Crippen molar-refractivity contribution in [3.63, 3.8) is 0 Å². The van der Waals surface area contributed by atoms with Crippen LogP contribution in [0.4, 0.5) is 0 Å². The second-order valence-electron chi connectivity index (χ2n) is 3.98. The number of benzene rings is 2. The summed E-state index contributed by atoms with van der Waals surface area (Å²) < 4.78 is 0. The topological polar surface area (TPSA) is 128 Å². The largest absolute Gasteiger partial charge is 0.370 e. The Morgan fingerprint density at radius 2 is 1.80 bits per heavy atom. The van der Waals surface area contributed by atoms with Gasteiger partial charge in [0.25, 0.3) is 5.09 Å². The van der Waals surface area contributed by atoms with Crippen molar-refractivity contribution in [3.05, 3.63) is 58.1 Å². The Morgan fingerprint density at radius 1 is 1.20 bits per heavy atom. The highest BCUT2D eigenvalue weighted by Crippen LogP contribution is 2.15. The molecule has 2 aromatic carbocycles. The van der Waals surface area contributed by atoms with Gasteiger partial charge in [0.15, 0.2) is 5.96 Å². The lowest BCUT2D eigenvalue weighted by Gasteiger charge is -2.02. The van der Waals surface area contributed by atoms with Gasteiger partial charge in [-0.1, -0.05) is 42.5 Å². The third kappa shape index (κ3) is 5.67. The monoisotopic (exact) mass is 276 g/mol. The van der Waals surface area contributed by atoms with Gasteiger partial charge in [0.2, 0.25) is 0 Å². The van der Waals surface area contributed by atoms with Crippen molar-refractivity contribution in [2.24, 2.45) is 16.5 Å². The summed E-state index contributed by atoms with van der Waals surface area (Å²) >= 11 is 0. The number of nitrogens with two attached hydrogens (primary N) is 2. The molecule has 106 valence electrons. The van der Waals surface area contributed by atoms with E-state index < -0.39 is 5.09 Å². The van der Waals surface area contributed by atoms with Gasteiger partial charge in [-0.2, -0.15) is 0 Å². The van der Waals surface area contributed by atoms with Gasteiger partial charge in [-0.3, -0.25) is 4.99 Å². The van der Waals surface area contributed by atoms with Crippen LogP contribution in [-0.2, 0) is 6.42 Å². The lowest BCUT2D eigenvalue weighted by atomic mass is 10.1. The summed E-state index contributed by atoms with van der Waals surface area (Å²) in [6.07, 6.45) is 0.864. The molecule has 7 nitrogen and oxygen atoms in total. The van der Waals surface area contributed by atoms with Crippen molar-refractivity contribution < 1.29 is 10.3 Å². The van der Waals surface area contributed by atoms with Gasteiger partial charge in [0, 0.05) is 6.54 Å². The molecular weight excluding hydrogens is 260 g/mol. The van der Waals surface area contributed by atoms with Gasteiger partial charge in [-0.15, -0.1) is 10.1 Å². The maximum Gasteiger partial charge on any atom is 0.291 e. The maximum atomic E-state index is 8.36. The molecule has 0 spiro atoms. The van der Waals surface area contributed by atoms with Gasteiger partial charge in [0.1, 0.15) is 0 Å². The molecule has 0 radical (unpaired) electrons. The standard InChI is InChI=1S/C13H15N3.HNO3/c14-13(15)16-8-7-10-5-6-11-3-1-2-4-12(11)9-10;2-1(3)4/h1-6,9H,7-8H2,(H4,14,15,16);(H,2,3,4). The summed E-state index contributed by atoms with van der Waals surface area (Å²) in [6, 6.07) is 14.7. The van der Waals surface area contributed by atoms with Crippen LogP contribution in [0.1, 0.15) is 5.56 Å². The summed E-state index contributed by atoms with van der Waals surface area (Å²) in [6.45, 7) is 0.640. The quantitative estimate of drug-likeness (QED) is 0.337. The molecule has 0 amide bonds. The molecule has 0 bridgehead atoms. The lowest BCUT2D eigenvalue weighted by Crippen LogP contribution is -2.23. The molecule has 0 aliphatic rings. The minimum Gasteiger partial charge on any atom is -0.370 e. The SMILES string of the molecule is NC(N)=NCCc1ccc2ccccc2c1.O=[N+]([O-])O. The van der Waals surface area contributed by atoms with Crippen LogP contribution in [0.5, 0.6) is 0 Å². The second-order valence-corrected chi connectivity index (χ2v) is 3.98. The van der Waals surface area contributed by atoms with Crippen LogP contribution in [0.25, 0.3) is 10.8 Å². The van der Waals surface area contributed by atoms with E-state index in [2.05, 4.69) is 35.3 Å². The lowest BCUT2D eigenvalue weighted by molar-refractivity contribution is -0.742. The third-order valence-corrected chi connectivity index (χ3v) is 2.51. The zero-order valence-electron chi connectivity index (χ0n) is 10.8. The fourth-order valence-electron chi connectivity index (χ4n) is 1.71. The van der Waals surface area contributed by atoms with Crippen LogP contribution in [0, 0.1) is 10.1 Å². The predicted molar refractivity (Wildman–Crippen MR) is 77.1 cm³/mol. The van der Waals surface area contributed by atoms with E-state index in [0.29, 0.717) is 6.54 Å². The molecule has 0 aliphatic heterocycles. The third-order valence-electron chi connectivity index (χ3n) is 2.51. The number of aliphatic imine (C=N–C) groups is 1. The minimum absolute atomic E-state index is 0.154. The van der Waals surface area contributed by atoms with Crippen molar-refractivity contribution in [1.82, 2.24) is 0 Å². The van der Waals surface area contributed by atoms with Crippen LogP contribution in [-0.4, -0.2) is 22.8 Å². The van der Waals surface area contributed by atoms with Crippen molar-refractivity contribution >= 4 is 16.7 Å². The second kappa shape index (κ2) is 7.57. The Morgan fingerprint density at radius 3 is 2.40 bits per heavy atom. The van der Waals surface area contributed by atoms with Crippen LogP contribution in [0.2, 0.25) is 0 Å². The Balaban J connectivity index is 0.000000444. The Bertz CT molecular complexity index is 605. The average Bonchev–Trinajstić information content (AvgIpc) is 2.37. The summed E-state index contributed by atoms with van der Waals surface area (Å²) in [5.41, 5.74) is 11.8. The fourth-order valence-corrected chi connectivity index (χ4v) is 1.71. The number of fused-ring (bicyclic) bond motifs is 1. The summed E-state index contributed by atoms with van der Waals surface area (Å²) in [5.74, 6) is 0.154. The van der Waals surface area contributed by atoms with Crippen LogP contribution in [0.3, 0.4) is 0 Å². The van der Waals surface area contributed by atoms with Crippen LogP contribution < -0.4 is 11.5 Å². The summed E-state index contributed by atoms with van der Waals surface area (Å²) in [5, 5.41) is 16.2. The molecule has 0 aliphatic carbocycles. The van der Waals surface area contributed by atoms with Crippen molar-refractivity contribution in [3.8, 4) is 0 Å². The first-order valence-electron chi connectivity index (χ1n) is 5.85. The number of hydrogen-bond acceptors (Lipinski definition) is 3. The molecular formula is C13H16N4O3. The fraction of sp³-hybridized carbons (Fsp3) is 0.154. The normalized spacial score (nSPS) is 9.40. The molecule has 0 fully saturated rings. The van der Waals surface area contributed by atoms with Crippen molar-refractivity contribution in [2.75, 3.05) is 6.54 Å². The minimum atomic E-state index is -1.50. The van der Waals surface area contributed by atoms with E-state index in [1.807, 2.05) is 12.1 Å². The summed E-state index contributed by atoms with van der Waals surface area (Å²) in [4.78, 5) is 12.3. The van der Waals surface area contributed by atoms with Crippen LogP contribution in [0.15, 0.2) is 47.5 Å². The molecule has 0 aromatic heterocycles. The van der Waals surface area contributed by atoms with Crippen LogP contribution >= 0.6 is 0 Å². The smallest absolute Gasteiger partial charge is 0.291 e. The first-order chi connectivity index (χ1) is 9.49. The van der Waals surface area contributed by atoms with E-state index in [1.54, 1.807) is 0 Å². The van der Waals surface area contributed by atoms with E-state index >= 15 is 0 Å². The zero-order valence-corrected chi connectivity index (χ0v) is 10.8. The Labute approximate surface area is 115 Å². The first kappa shape index (κ1) is 15.2. The van der Waals surface area contributed by atoms with Crippen molar-refractivity contribution in [2.45, 2.75) is 6.42 Å². The van der Waals surface area contributed by atoms with Crippen molar-refractivity contribution in [1.29, 1.82) is 0 Å². The Hall–Kier alpha value is -2.83. The molecule has 5 N–H and O–H groups in total. The number of rotatable bonds is 3. The van der Waals surface area contributed by atoms with E-state index in [1.165, 1.54) is 16.3 Å². The number of guanidine groups is 1. The molecule has 7 heteroatoms. The average molecular weight is 276 g/mol.